The molecule has 1 aromatic heterocycles. The topological polar surface area (TPSA) is 45.6 Å². The Kier molecular flexibility index (Phi) is 3.98. The second-order valence-electron chi connectivity index (χ2n) is 4.28. The summed E-state index contributed by atoms with van der Waals surface area (Å²) in [6, 6.07) is 2.04. The largest absolute Gasteiger partial charge is 0.468 e. The SMILES string of the molecule is CCN1CCN(Cc2ccoc2CN)CC1. The summed E-state index contributed by atoms with van der Waals surface area (Å²) in [6.07, 6.45) is 1.74. The first kappa shape index (κ1) is 11.6. The lowest BCUT2D eigenvalue weighted by Crippen LogP contribution is -2.45. The van der Waals surface area contributed by atoms with Gasteiger partial charge in [-0.3, -0.25) is 4.90 Å². The molecule has 4 nitrogen and oxygen atoms in total. The lowest BCUT2D eigenvalue weighted by atomic mass is 10.2. The standard InChI is InChI=1S/C12H21N3O/c1-2-14-4-6-15(7-5-14)10-11-3-8-16-12(11)9-13/h3,8H,2,4-7,9-10,13H2,1H3. The molecule has 4 heteroatoms. The Morgan fingerprint density at radius 3 is 2.56 bits per heavy atom. The van der Waals surface area contributed by atoms with Crippen molar-refractivity contribution in [1.82, 2.24) is 9.80 Å². The van der Waals surface area contributed by atoms with Crippen molar-refractivity contribution in [2.75, 3.05) is 32.7 Å². The van der Waals surface area contributed by atoms with Gasteiger partial charge in [-0.1, -0.05) is 6.92 Å². The van der Waals surface area contributed by atoms with E-state index >= 15 is 0 Å². The highest BCUT2D eigenvalue weighted by molar-refractivity contribution is 5.16. The average molecular weight is 223 g/mol. The molecule has 1 aliphatic heterocycles. The van der Waals surface area contributed by atoms with Gasteiger partial charge >= 0.3 is 0 Å². The molecule has 0 radical (unpaired) electrons. The summed E-state index contributed by atoms with van der Waals surface area (Å²) < 4.78 is 5.34. The van der Waals surface area contributed by atoms with Crippen molar-refractivity contribution >= 4 is 0 Å². The number of nitrogens with zero attached hydrogens (tertiary/aromatic N) is 2. The van der Waals surface area contributed by atoms with Gasteiger partial charge < -0.3 is 15.1 Å². The van der Waals surface area contributed by atoms with Gasteiger partial charge in [0.25, 0.3) is 0 Å². The molecule has 1 aromatic rings. The van der Waals surface area contributed by atoms with Crippen LogP contribution < -0.4 is 5.73 Å². The summed E-state index contributed by atoms with van der Waals surface area (Å²) in [5.41, 5.74) is 6.87. The van der Waals surface area contributed by atoms with Crippen LogP contribution in [0, 0.1) is 0 Å². The van der Waals surface area contributed by atoms with Gasteiger partial charge in [0.15, 0.2) is 0 Å². The average Bonchev–Trinajstić information content (AvgIpc) is 2.77. The Balaban J connectivity index is 1.87. The highest BCUT2D eigenvalue weighted by Gasteiger charge is 2.17. The summed E-state index contributed by atoms with van der Waals surface area (Å²) >= 11 is 0. The van der Waals surface area contributed by atoms with Crippen LogP contribution in [-0.4, -0.2) is 42.5 Å². The molecule has 0 bridgehead atoms. The Bertz CT molecular complexity index is 316. The van der Waals surface area contributed by atoms with Crippen LogP contribution in [0.15, 0.2) is 16.7 Å². The number of rotatable bonds is 4. The molecule has 16 heavy (non-hydrogen) atoms. The second kappa shape index (κ2) is 5.48. The zero-order valence-electron chi connectivity index (χ0n) is 9.98. The van der Waals surface area contributed by atoms with Crippen molar-refractivity contribution < 1.29 is 4.42 Å². The maximum atomic E-state index is 5.62. The van der Waals surface area contributed by atoms with Crippen LogP contribution in [0.1, 0.15) is 18.2 Å². The Hall–Kier alpha value is -0.840. The molecular formula is C12H21N3O. The molecule has 90 valence electrons. The lowest BCUT2D eigenvalue weighted by molar-refractivity contribution is 0.131. The second-order valence-corrected chi connectivity index (χ2v) is 4.28. The van der Waals surface area contributed by atoms with Crippen molar-refractivity contribution in [3.8, 4) is 0 Å². The maximum Gasteiger partial charge on any atom is 0.121 e. The van der Waals surface area contributed by atoms with Gasteiger partial charge in [0.1, 0.15) is 5.76 Å². The van der Waals surface area contributed by atoms with E-state index in [-0.39, 0.29) is 0 Å². The summed E-state index contributed by atoms with van der Waals surface area (Å²) in [4.78, 5) is 4.95. The van der Waals surface area contributed by atoms with Gasteiger partial charge in [-0.05, 0) is 12.6 Å². The molecule has 1 aliphatic rings. The van der Waals surface area contributed by atoms with Crippen LogP contribution in [-0.2, 0) is 13.1 Å². The van der Waals surface area contributed by atoms with E-state index in [1.165, 1.54) is 18.7 Å². The minimum Gasteiger partial charge on any atom is -0.468 e. The first-order valence-corrected chi connectivity index (χ1v) is 6.03. The Labute approximate surface area is 97.0 Å². The molecule has 0 unspecified atom stereocenters. The third-order valence-electron chi connectivity index (χ3n) is 3.33. The molecule has 1 saturated heterocycles. The molecular weight excluding hydrogens is 202 g/mol. The van der Waals surface area contributed by atoms with E-state index in [2.05, 4.69) is 16.7 Å². The van der Waals surface area contributed by atoms with Crippen LogP contribution >= 0.6 is 0 Å². The fourth-order valence-corrected chi connectivity index (χ4v) is 2.19. The van der Waals surface area contributed by atoms with E-state index in [9.17, 15) is 0 Å². The van der Waals surface area contributed by atoms with Gasteiger partial charge in [-0.25, -0.2) is 0 Å². The third kappa shape index (κ3) is 2.64. The Morgan fingerprint density at radius 2 is 1.94 bits per heavy atom. The molecule has 0 amide bonds. The molecule has 0 aliphatic carbocycles. The van der Waals surface area contributed by atoms with Gasteiger partial charge in [0.05, 0.1) is 12.8 Å². The smallest absolute Gasteiger partial charge is 0.121 e. The van der Waals surface area contributed by atoms with Gasteiger partial charge in [0, 0.05) is 38.3 Å². The molecule has 2 rings (SSSR count). The van der Waals surface area contributed by atoms with Crippen LogP contribution in [0.2, 0.25) is 0 Å². The van der Waals surface area contributed by atoms with Crippen molar-refractivity contribution in [3.63, 3.8) is 0 Å². The van der Waals surface area contributed by atoms with Crippen molar-refractivity contribution in [1.29, 1.82) is 0 Å². The van der Waals surface area contributed by atoms with Crippen LogP contribution in [0.4, 0.5) is 0 Å². The summed E-state index contributed by atoms with van der Waals surface area (Å²) in [5.74, 6) is 0.929. The quantitative estimate of drug-likeness (QED) is 0.823. The number of furan rings is 1. The first-order valence-electron chi connectivity index (χ1n) is 6.03. The predicted octanol–water partition coefficient (Wildman–Crippen LogP) is 0.876. The number of nitrogens with two attached hydrogens (primary N) is 1. The van der Waals surface area contributed by atoms with Crippen LogP contribution in [0.5, 0.6) is 0 Å². The fourth-order valence-electron chi connectivity index (χ4n) is 2.19. The number of hydrogen-bond donors (Lipinski definition) is 1. The van der Waals surface area contributed by atoms with Gasteiger partial charge in [-0.2, -0.15) is 0 Å². The van der Waals surface area contributed by atoms with Crippen molar-refractivity contribution in [3.05, 3.63) is 23.7 Å². The van der Waals surface area contributed by atoms with E-state index in [0.29, 0.717) is 6.54 Å². The lowest BCUT2D eigenvalue weighted by Gasteiger charge is -2.33. The van der Waals surface area contributed by atoms with Gasteiger partial charge in [0.2, 0.25) is 0 Å². The Morgan fingerprint density at radius 1 is 1.25 bits per heavy atom. The molecule has 2 heterocycles. The summed E-state index contributed by atoms with van der Waals surface area (Å²) in [7, 11) is 0. The van der Waals surface area contributed by atoms with Crippen LogP contribution in [0.25, 0.3) is 0 Å². The number of piperazine rings is 1. The fraction of sp³-hybridized carbons (Fsp3) is 0.667. The van der Waals surface area contributed by atoms with E-state index in [0.717, 1.165) is 31.9 Å². The molecule has 0 saturated carbocycles. The number of likely N-dealkylation sites (N-methyl/N-ethyl adjacent to an activating group) is 1. The monoisotopic (exact) mass is 223 g/mol. The number of hydrogen-bond acceptors (Lipinski definition) is 4. The molecule has 0 spiro atoms. The van der Waals surface area contributed by atoms with Crippen LogP contribution in [0.3, 0.4) is 0 Å². The minimum atomic E-state index is 0.497. The molecule has 2 N–H and O–H groups in total. The highest BCUT2D eigenvalue weighted by Crippen LogP contribution is 2.14. The summed E-state index contributed by atoms with van der Waals surface area (Å²) in [5, 5.41) is 0. The maximum absolute atomic E-state index is 5.62. The third-order valence-corrected chi connectivity index (χ3v) is 3.33. The van der Waals surface area contributed by atoms with E-state index < -0.39 is 0 Å². The van der Waals surface area contributed by atoms with E-state index in [1.807, 2.05) is 6.07 Å². The molecule has 1 fully saturated rings. The zero-order chi connectivity index (χ0) is 11.4. The van der Waals surface area contributed by atoms with E-state index in [1.54, 1.807) is 6.26 Å². The predicted molar refractivity (Wildman–Crippen MR) is 64.0 cm³/mol. The van der Waals surface area contributed by atoms with Crippen molar-refractivity contribution in [2.24, 2.45) is 5.73 Å². The van der Waals surface area contributed by atoms with Gasteiger partial charge in [-0.15, -0.1) is 0 Å². The van der Waals surface area contributed by atoms with E-state index in [4.69, 9.17) is 10.2 Å². The zero-order valence-corrected chi connectivity index (χ0v) is 9.98. The highest BCUT2D eigenvalue weighted by atomic mass is 16.3. The first-order chi connectivity index (χ1) is 7.83. The van der Waals surface area contributed by atoms with Crippen molar-refractivity contribution in [2.45, 2.75) is 20.0 Å². The molecule has 0 aromatic carbocycles. The summed E-state index contributed by atoms with van der Waals surface area (Å²) in [6.45, 7) is 9.48. The molecule has 0 atom stereocenters. The minimum absolute atomic E-state index is 0.497. The normalized spacial score (nSPS) is 19.1.